The van der Waals surface area contributed by atoms with Crippen molar-refractivity contribution in [3.8, 4) is 0 Å². The van der Waals surface area contributed by atoms with Crippen molar-refractivity contribution in [2.45, 2.75) is 32.0 Å². The largest absolute Gasteiger partial charge is 0.408 e. The summed E-state index contributed by atoms with van der Waals surface area (Å²) in [5.74, 6) is -1.68. The van der Waals surface area contributed by atoms with Crippen LogP contribution in [0.2, 0.25) is 0 Å². The number of rotatable bonds is 1. The van der Waals surface area contributed by atoms with E-state index in [1.807, 2.05) is 12.2 Å². The Morgan fingerprint density at radius 2 is 1.94 bits per heavy atom. The molecule has 18 heavy (non-hydrogen) atoms. The van der Waals surface area contributed by atoms with Crippen molar-refractivity contribution in [2.75, 3.05) is 13.1 Å². The molecule has 0 aromatic carbocycles. The van der Waals surface area contributed by atoms with Gasteiger partial charge in [0.1, 0.15) is 12.0 Å². The van der Waals surface area contributed by atoms with Crippen LogP contribution in [0.5, 0.6) is 0 Å². The van der Waals surface area contributed by atoms with Crippen molar-refractivity contribution in [3.63, 3.8) is 0 Å². The van der Waals surface area contributed by atoms with Crippen LogP contribution >= 0.6 is 0 Å². The lowest BCUT2D eigenvalue weighted by molar-refractivity contribution is -0.173. The van der Waals surface area contributed by atoms with E-state index in [9.17, 15) is 22.8 Å². The predicted molar refractivity (Wildman–Crippen MR) is 56.5 cm³/mol. The molecule has 2 amide bonds. The van der Waals surface area contributed by atoms with Crippen LogP contribution < -0.4 is 5.32 Å². The first-order valence-electron chi connectivity index (χ1n) is 5.95. The summed E-state index contributed by atoms with van der Waals surface area (Å²) in [6.07, 6.45) is -4.69. The minimum atomic E-state index is -4.44. The van der Waals surface area contributed by atoms with E-state index in [1.54, 1.807) is 0 Å². The predicted octanol–water partition coefficient (Wildman–Crippen LogP) is 0.922. The standard InChI is InChI=1S/C11H15F3N2O2/c1-6-4-16(5-6)10(18)7-2-3-8(11(12,13)14)15-9(7)17/h6-8H,2-5H2,1H3,(H,15,17). The van der Waals surface area contributed by atoms with Crippen LogP contribution in [0.25, 0.3) is 0 Å². The first-order valence-corrected chi connectivity index (χ1v) is 5.95. The number of piperidine rings is 1. The van der Waals surface area contributed by atoms with Gasteiger partial charge in [-0.2, -0.15) is 13.2 Å². The van der Waals surface area contributed by atoms with Gasteiger partial charge < -0.3 is 10.2 Å². The Morgan fingerprint density at radius 1 is 1.33 bits per heavy atom. The molecule has 0 saturated carbocycles. The van der Waals surface area contributed by atoms with E-state index >= 15 is 0 Å². The molecule has 0 bridgehead atoms. The molecule has 4 nitrogen and oxygen atoms in total. The third kappa shape index (κ3) is 2.44. The van der Waals surface area contributed by atoms with E-state index in [1.165, 1.54) is 4.90 Å². The zero-order valence-electron chi connectivity index (χ0n) is 9.96. The molecule has 0 radical (unpaired) electrons. The average molecular weight is 264 g/mol. The number of nitrogens with zero attached hydrogens (tertiary/aromatic N) is 1. The molecule has 102 valence electrons. The molecule has 2 aliphatic rings. The quantitative estimate of drug-likeness (QED) is 0.716. The number of amides is 2. The zero-order chi connectivity index (χ0) is 13.5. The van der Waals surface area contributed by atoms with E-state index in [-0.39, 0.29) is 18.7 Å². The van der Waals surface area contributed by atoms with Crippen LogP contribution in [0.4, 0.5) is 13.2 Å². The highest BCUT2D eigenvalue weighted by Crippen LogP contribution is 2.30. The highest BCUT2D eigenvalue weighted by molar-refractivity contribution is 6.01. The fraction of sp³-hybridized carbons (Fsp3) is 0.818. The van der Waals surface area contributed by atoms with Crippen LogP contribution in [0.1, 0.15) is 19.8 Å². The molecule has 7 heteroatoms. The van der Waals surface area contributed by atoms with Gasteiger partial charge in [0.15, 0.2) is 0 Å². The van der Waals surface area contributed by atoms with Crippen molar-refractivity contribution in [2.24, 2.45) is 11.8 Å². The highest BCUT2D eigenvalue weighted by atomic mass is 19.4. The third-order valence-corrected chi connectivity index (χ3v) is 3.45. The lowest BCUT2D eigenvalue weighted by Gasteiger charge is -2.40. The second kappa shape index (κ2) is 4.44. The normalized spacial score (nSPS) is 29.8. The Balaban J connectivity index is 1.94. The van der Waals surface area contributed by atoms with Gasteiger partial charge in [-0.25, -0.2) is 0 Å². The summed E-state index contributed by atoms with van der Waals surface area (Å²) in [6.45, 7) is 3.15. The molecule has 1 N–H and O–H groups in total. The molecule has 2 atom stereocenters. The number of hydrogen-bond acceptors (Lipinski definition) is 2. The number of carbonyl (C=O) groups excluding carboxylic acids is 2. The Bertz CT molecular complexity index is 364. The van der Waals surface area contributed by atoms with Crippen molar-refractivity contribution in [3.05, 3.63) is 0 Å². The molecule has 0 aromatic heterocycles. The molecule has 2 saturated heterocycles. The van der Waals surface area contributed by atoms with Crippen LogP contribution in [-0.4, -0.2) is 42.0 Å². The fourth-order valence-electron chi connectivity index (χ4n) is 2.39. The minimum absolute atomic E-state index is 0.0281. The molecular formula is C11H15F3N2O2. The van der Waals surface area contributed by atoms with Crippen molar-refractivity contribution in [1.82, 2.24) is 10.2 Å². The summed E-state index contributed by atoms with van der Waals surface area (Å²) in [4.78, 5) is 25.0. The van der Waals surface area contributed by atoms with Crippen molar-refractivity contribution in [1.29, 1.82) is 0 Å². The summed E-state index contributed by atoms with van der Waals surface area (Å²) in [7, 11) is 0. The van der Waals surface area contributed by atoms with E-state index in [0.717, 1.165) is 0 Å². The van der Waals surface area contributed by atoms with Gasteiger partial charge in [-0.3, -0.25) is 9.59 Å². The van der Waals surface area contributed by atoms with E-state index in [0.29, 0.717) is 19.0 Å². The topological polar surface area (TPSA) is 49.4 Å². The lowest BCUT2D eigenvalue weighted by Crippen LogP contribution is -2.58. The maximum atomic E-state index is 12.4. The summed E-state index contributed by atoms with van der Waals surface area (Å²) in [5, 5.41) is 1.89. The summed E-state index contributed by atoms with van der Waals surface area (Å²) >= 11 is 0. The van der Waals surface area contributed by atoms with Gasteiger partial charge in [-0.1, -0.05) is 6.92 Å². The molecule has 2 rings (SSSR count). The maximum Gasteiger partial charge on any atom is 0.408 e. The monoisotopic (exact) mass is 264 g/mol. The van der Waals surface area contributed by atoms with Gasteiger partial charge in [0.2, 0.25) is 11.8 Å². The van der Waals surface area contributed by atoms with Gasteiger partial charge >= 0.3 is 6.18 Å². The van der Waals surface area contributed by atoms with Gasteiger partial charge in [-0.05, 0) is 18.8 Å². The van der Waals surface area contributed by atoms with Gasteiger partial charge in [0.25, 0.3) is 0 Å². The molecule has 0 aliphatic carbocycles. The van der Waals surface area contributed by atoms with Crippen LogP contribution in [-0.2, 0) is 9.59 Å². The third-order valence-electron chi connectivity index (χ3n) is 3.45. The second-order valence-electron chi connectivity index (χ2n) is 5.08. The Hall–Kier alpha value is -1.27. The van der Waals surface area contributed by atoms with Gasteiger partial charge in [0.05, 0.1) is 0 Å². The summed E-state index contributed by atoms with van der Waals surface area (Å²) in [6, 6.07) is -1.82. The van der Waals surface area contributed by atoms with Crippen molar-refractivity contribution >= 4 is 11.8 Å². The van der Waals surface area contributed by atoms with Crippen LogP contribution in [0.3, 0.4) is 0 Å². The van der Waals surface area contributed by atoms with Crippen molar-refractivity contribution < 1.29 is 22.8 Å². The molecular weight excluding hydrogens is 249 g/mol. The van der Waals surface area contributed by atoms with E-state index < -0.39 is 24.0 Å². The number of halogens is 3. The minimum Gasteiger partial charge on any atom is -0.344 e. The molecule has 2 aliphatic heterocycles. The number of likely N-dealkylation sites (tertiary alicyclic amines) is 1. The second-order valence-corrected chi connectivity index (χ2v) is 5.08. The molecule has 0 aromatic rings. The van der Waals surface area contributed by atoms with Gasteiger partial charge in [0, 0.05) is 13.1 Å². The summed E-state index contributed by atoms with van der Waals surface area (Å²) in [5.41, 5.74) is 0. The smallest absolute Gasteiger partial charge is 0.344 e. The van der Waals surface area contributed by atoms with E-state index in [2.05, 4.69) is 0 Å². The Kier molecular flexibility index (Phi) is 3.25. The number of alkyl halides is 3. The number of hydrogen-bond donors (Lipinski definition) is 1. The fourth-order valence-corrected chi connectivity index (χ4v) is 2.39. The molecule has 2 fully saturated rings. The first kappa shape index (κ1) is 13.2. The number of nitrogens with one attached hydrogen (secondary N) is 1. The SMILES string of the molecule is CC1CN(C(=O)C2CCC(C(F)(F)F)NC2=O)C1. The molecule has 0 spiro atoms. The Morgan fingerprint density at radius 3 is 2.39 bits per heavy atom. The van der Waals surface area contributed by atoms with Crippen LogP contribution in [0.15, 0.2) is 0 Å². The molecule has 2 unspecified atom stereocenters. The zero-order valence-corrected chi connectivity index (χ0v) is 9.96. The summed E-state index contributed by atoms with van der Waals surface area (Å²) < 4.78 is 37.3. The highest BCUT2D eigenvalue weighted by Gasteiger charge is 2.47. The lowest BCUT2D eigenvalue weighted by atomic mass is 9.90. The van der Waals surface area contributed by atoms with Gasteiger partial charge in [-0.15, -0.1) is 0 Å². The maximum absolute atomic E-state index is 12.4. The Labute approximate surface area is 103 Å². The van der Waals surface area contributed by atoms with Crippen LogP contribution in [0, 0.1) is 11.8 Å². The number of carbonyl (C=O) groups is 2. The molecule has 2 heterocycles. The average Bonchev–Trinajstić information content (AvgIpc) is 2.22. The van der Waals surface area contributed by atoms with E-state index in [4.69, 9.17) is 0 Å². The first-order chi connectivity index (χ1) is 8.29.